The number of carbonyl (C=O) groups is 4. The fourth-order valence-corrected chi connectivity index (χ4v) is 5.39. The number of nitrogens with one attached hydrogen (secondary N) is 2. The molecular weight excluding hydrogens is 812 g/mol. The summed E-state index contributed by atoms with van der Waals surface area (Å²) in [5.74, 6) is 0.988. The molecule has 0 aromatic carbocycles. The Hall–Kier alpha value is -5.39. The van der Waals surface area contributed by atoms with E-state index in [-0.39, 0.29) is 45.1 Å². The molecule has 18 nitrogen and oxygen atoms in total. The lowest BCUT2D eigenvalue weighted by Crippen LogP contribution is -2.44. The quantitative estimate of drug-likeness (QED) is 0.125. The molecule has 0 spiro atoms. The van der Waals surface area contributed by atoms with E-state index in [0.717, 1.165) is 31.8 Å². The third-order valence-corrected chi connectivity index (χ3v) is 8.27. The first-order valence-electron chi connectivity index (χ1n) is 19.4. The van der Waals surface area contributed by atoms with Gasteiger partial charge in [-0.05, 0) is 87.1 Å². The molecule has 0 aliphatic carbocycles. The Balaban J connectivity index is 0.00000101. The van der Waals surface area contributed by atoms with Crippen molar-refractivity contribution in [3.05, 3.63) is 42.0 Å². The number of hydrogen-bond acceptors (Lipinski definition) is 16. The smallest absolute Gasteiger partial charge is 0.410 e. The minimum atomic E-state index is -0.511. The number of anilines is 2. The molecule has 19 heteroatoms. The molecule has 2 amide bonds. The first kappa shape index (κ1) is 55.6. The summed E-state index contributed by atoms with van der Waals surface area (Å²) >= 11 is 6.05. The average molecular weight is 882 g/mol. The molecule has 2 aromatic heterocycles. The van der Waals surface area contributed by atoms with Crippen molar-refractivity contribution in [3.63, 3.8) is 0 Å². The summed E-state index contributed by atoms with van der Waals surface area (Å²) in [6.07, 6.45) is 9.45. The van der Waals surface area contributed by atoms with Crippen LogP contribution in [0, 0.1) is 0 Å². The minimum Gasteiger partial charge on any atom is -0.480 e. The molecule has 2 aliphatic heterocycles. The number of piperidine rings is 2. The van der Waals surface area contributed by atoms with Gasteiger partial charge in [-0.3, -0.25) is 0 Å². The zero-order valence-electron chi connectivity index (χ0n) is 36.0. The van der Waals surface area contributed by atoms with Crippen LogP contribution in [0.4, 0.5) is 21.2 Å². The maximum Gasteiger partial charge on any atom is 0.410 e. The molecule has 0 radical (unpaired) electrons. The predicted octanol–water partition coefficient (Wildman–Crippen LogP) is 7.83. The van der Waals surface area contributed by atoms with Crippen molar-refractivity contribution in [3.8, 4) is 11.8 Å². The third kappa shape index (κ3) is 21.6. The molecule has 4 heterocycles. The van der Waals surface area contributed by atoms with E-state index in [0.29, 0.717) is 73.6 Å². The van der Waals surface area contributed by atoms with Gasteiger partial charge < -0.3 is 48.9 Å². The number of hydrogen-bond donors (Lipinski definition) is 2. The molecule has 0 bridgehead atoms. The molecule has 344 valence electrons. The number of aromatic nitrogens is 4. The van der Waals surface area contributed by atoms with Crippen molar-refractivity contribution in [2.24, 2.45) is 0 Å². The third-order valence-electron chi connectivity index (χ3n) is 7.99. The van der Waals surface area contributed by atoms with Gasteiger partial charge in [-0.2, -0.15) is 9.97 Å². The Labute approximate surface area is 367 Å². The zero-order valence-corrected chi connectivity index (χ0v) is 36.7. The maximum absolute atomic E-state index is 12.2. The fourth-order valence-electron chi connectivity index (χ4n) is 5.25. The highest BCUT2D eigenvalue weighted by Crippen LogP contribution is 2.25. The Bertz CT molecular complexity index is 1700. The van der Waals surface area contributed by atoms with Crippen LogP contribution in [-0.2, 0) is 28.5 Å². The van der Waals surface area contributed by atoms with E-state index in [4.69, 9.17) is 35.3 Å². The highest BCUT2D eigenvalue weighted by molar-refractivity contribution is 6.31. The van der Waals surface area contributed by atoms with Gasteiger partial charge in [0.2, 0.25) is 11.8 Å². The van der Waals surface area contributed by atoms with Gasteiger partial charge in [0.1, 0.15) is 16.9 Å². The Morgan fingerprint density at radius 2 is 1.15 bits per heavy atom. The van der Waals surface area contributed by atoms with E-state index >= 15 is 0 Å². The van der Waals surface area contributed by atoms with Crippen LogP contribution in [-0.4, -0.2) is 131 Å². The summed E-state index contributed by atoms with van der Waals surface area (Å²) < 4.78 is 30.4. The van der Waals surface area contributed by atoms with Crippen LogP contribution in [0.3, 0.4) is 0 Å². The second kappa shape index (κ2) is 27.5. The number of carbonyl (C=O) groups excluding carboxylic acids is 4. The van der Waals surface area contributed by atoms with Gasteiger partial charge in [-0.1, -0.05) is 33.0 Å². The number of rotatable bonds is 11. The molecule has 2 aromatic rings. The van der Waals surface area contributed by atoms with Crippen molar-refractivity contribution in [1.82, 2.24) is 29.7 Å². The Kier molecular flexibility index (Phi) is 25.0. The molecule has 2 N–H and O–H groups in total. The normalized spacial score (nSPS) is 14.2. The number of likely N-dealkylation sites (tertiary alicyclic amines) is 2. The Morgan fingerprint density at radius 3 is 1.54 bits per heavy atom. The van der Waals surface area contributed by atoms with Crippen LogP contribution < -0.4 is 20.1 Å². The van der Waals surface area contributed by atoms with Crippen molar-refractivity contribution < 1.29 is 47.6 Å². The van der Waals surface area contributed by atoms with Crippen LogP contribution in [0.2, 0.25) is 5.15 Å². The van der Waals surface area contributed by atoms with E-state index < -0.39 is 17.2 Å². The molecule has 0 saturated carbocycles. The highest BCUT2D eigenvalue weighted by atomic mass is 35.5. The highest BCUT2D eigenvalue weighted by Gasteiger charge is 2.29. The Morgan fingerprint density at radius 1 is 0.738 bits per heavy atom. The summed E-state index contributed by atoms with van der Waals surface area (Å²) in [7, 11) is 3.04. The molecular formula is C42H69ClN8O10. The number of amides is 2. The van der Waals surface area contributed by atoms with Gasteiger partial charge in [-0.25, -0.2) is 29.1 Å². The van der Waals surface area contributed by atoms with E-state index in [1.54, 1.807) is 29.7 Å². The molecule has 2 fully saturated rings. The molecule has 2 saturated heterocycles. The lowest BCUT2D eigenvalue weighted by Gasteiger charge is -2.34. The summed E-state index contributed by atoms with van der Waals surface area (Å²) in [6.45, 7) is 21.0. The van der Waals surface area contributed by atoms with Gasteiger partial charge >= 0.3 is 24.1 Å². The fraction of sp³-hybridized carbons (Fsp3) is 0.619. The second-order valence-electron chi connectivity index (χ2n) is 15.0. The zero-order chi connectivity index (χ0) is 44.2. The largest absolute Gasteiger partial charge is 0.480 e. The maximum atomic E-state index is 12.2. The van der Waals surface area contributed by atoms with Gasteiger partial charge in [0, 0.05) is 50.4 Å². The summed E-state index contributed by atoms with van der Waals surface area (Å²) in [5, 5.41) is 6.93. The van der Waals surface area contributed by atoms with Crippen LogP contribution in [0.25, 0.3) is 6.08 Å². The number of methoxy groups -OCH3 is 2. The molecule has 61 heavy (non-hydrogen) atoms. The van der Waals surface area contributed by atoms with Crippen LogP contribution in [0.1, 0.15) is 102 Å². The second-order valence-corrected chi connectivity index (χ2v) is 15.4. The SMILES string of the molecule is C.C.C=CC(=O)OCC.CCOC(=O)/C=C/c1ncc(OC)nc1NC1CCN(C(=O)OC(C)(C)C)CC1.COc1cnc(Cl)c(NC2CCN(C(=O)OC(C)(C)C)CC2)n1. The number of esters is 2. The first-order valence-corrected chi connectivity index (χ1v) is 19.8. The van der Waals surface area contributed by atoms with Gasteiger partial charge in [0.25, 0.3) is 0 Å². The summed E-state index contributed by atoms with van der Waals surface area (Å²) in [6, 6.07) is 0.275. The lowest BCUT2D eigenvalue weighted by atomic mass is 10.1. The van der Waals surface area contributed by atoms with Gasteiger partial charge in [-0.15, -0.1) is 0 Å². The van der Waals surface area contributed by atoms with Crippen molar-refractivity contribution in [1.29, 1.82) is 0 Å². The lowest BCUT2D eigenvalue weighted by molar-refractivity contribution is -0.138. The monoisotopic (exact) mass is 880 g/mol. The number of ether oxygens (including phenoxy) is 6. The standard InChI is InChI=1S/C20H30N4O5.C15H23ClN4O3.C5H8O2.2CH4/c1-6-28-17(25)8-7-15-18(23-16(27-5)13-21-15)22-14-9-11-24(12-10-14)19(26)29-20(2,3)4;1-15(2,3)23-14(21)20-7-5-10(6-8-20)18-13-12(16)17-9-11(19-13)22-4;1-3-5(6)7-4-2;;/h7-8,13-14H,6,9-12H2,1-5H3,(H,22,23);9-10H,5-8H2,1-4H3,(H,18,19);3H,1,4H2,2H3;2*1H4/b8-7+;;;;. The van der Waals surface area contributed by atoms with Crippen molar-refractivity contribution >= 4 is 53.4 Å². The van der Waals surface area contributed by atoms with Gasteiger partial charge in [0.15, 0.2) is 16.8 Å². The van der Waals surface area contributed by atoms with E-state index in [2.05, 4.69) is 41.9 Å². The molecule has 2 aliphatic rings. The van der Waals surface area contributed by atoms with Gasteiger partial charge in [0.05, 0.1) is 39.8 Å². The van der Waals surface area contributed by atoms with Crippen LogP contribution >= 0.6 is 11.6 Å². The predicted molar refractivity (Wildman–Crippen MR) is 237 cm³/mol. The topological polar surface area (TPSA) is 206 Å². The number of halogens is 1. The van der Waals surface area contributed by atoms with Crippen LogP contribution in [0.15, 0.2) is 31.1 Å². The first-order chi connectivity index (χ1) is 27.8. The summed E-state index contributed by atoms with van der Waals surface area (Å²) in [5.41, 5.74) is -0.480. The molecule has 0 atom stereocenters. The van der Waals surface area contributed by atoms with Crippen LogP contribution in [0.5, 0.6) is 11.8 Å². The number of nitrogens with zero attached hydrogens (tertiary/aromatic N) is 6. The molecule has 4 rings (SSSR count). The molecule has 0 unspecified atom stereocenters. The summed E-state index contributed by atoms with van der Waals surface area (Å²) in [4.78, 5) is 66.3. The van der Waals surface area contributed by atoms with E-state index in [9.17, 15) is 19.2 Å². The minimum absolute atomic E-state index is 0. The van der Waals surface area contributed by atoms with E-state index in [1.165, 1.54) is 32.7 Å². The van der Waals surface area contributed by atoms with Crippen molar-refractivity contribution in [2.75, 3.05) is 64.2 Å². The van der Waals surface area contributed by atoms with E-state index in [1.807, 2.05) is 41.5 Å². The van der Waals surface area contributed by atoms with Crippen molar-refractivity contribution in [2.45, 2.75) is 119 Å². The average Bonchev–Trinajstić information content (AvgIpc) is 3.18.